The molecule has 0 saturated heterocycles. The van der Waals surface area contributed by atoms with Crippen molar-refractivity contribution in [1.82, 2.24) is 4.98 Å². The van der Waals surface area contributed by atoms with Gasteiger partial charge in [-0.1, -0.05) is 12.1 Å². The number of aromatic nitrogens is 1. The summed E-state index contributed by atoms with van der Waals surface area (Å²) in [5, 5.41) is 0. The lowest BCUT2D eigenvalue weighted by Crippen LogP contribution is -1.96. The molecule has 82 valence electrons. The highest BCUT2D eigenvalue weighted by Gasteiger charge is 2.06. The van der Waals surface area contributed by atoms with E-state index in [4.69, 9.17) is 10.5 Å². The van der Waals surface area contributed by atoms with Crippen molar-refractivity contribution < 1.29 is 4.74 Å². The van der Waals surface area contributed by atoms with Crippen molar-refractivity contribution in [3.63, 3.8) is 0 Å². The third kappa shape index (κ3) is 2.44. The number of hydrogen-bond donors (Lipinski definition) is 1. The molecule has 4 heteroatoms. The van der Waals surface area contributed by atoms with Crippen LogP contribution in [0.2, 0.25) is 0 Å². The van der Waals surface area contributed by atoms with Crippen molar-refractivity contribution in [2.45, 2.75) is 6.92 Å². The molecule has 1 aromatic heterocycles. The molecule has 0 aliphatic carbocycles. The highest BCUT2D eigenvalue weighted by molar-refractivity contribution is 14.1. The predicted octanol–water partition coefficient (Wildman–Crippen LogP) is 3.37. The average Bonchev–Trinajstić information content (AvgIpc) is 2.25. The van der Waals surface area contributed by atoms with Crippen LogP contribution in [-0.2, 0) is 0 Å². The van der Waals surface area contributed by atoms with Gasteiger partial charge in [0.05, 0.1) is 9.26 Å². The van der Waals surface area contributed by atoms with Crippen LogP contribution in [0.25, 0.3) is 0 Å². The molecule has 0 amide bonds. The first-order chi connectivity index (χ1) is 7.66. The molecule has 2 N–H and O–H groups in total. The number of benzene rings is 1. The minimum atomic E-state index is 0.453. The molecule has 1 heterocycles. The Hall–Kier alpha value is -1.30. The van der Waals surface area contributed by atoms with Crippen LogP contribution in [0.5, 0.6) is 11.6 Å². The summed E-state index contributed by atoms with van der Waals surface area (Å²) in [4.78, 5) is 4.16. The Balaban J connectivity index is 2.31. The monoisotopic (exact) mass is 326 g/mol. The zero-order valence-corrected chi connectivity index (χ0v) is 10.9. The molecule has 0 spiro atoms. The maximum absolute atomic E-state index is 5.83. The van der Waals surface area contributed by atoms with Crippen molar-refractivity contribution in [3.05, 3.63) is 45.7 Å². The summed E-state index contributed by atoms with van der Waals surface area (Å²) in [6, 6.07) is 9.59. The van der Waals surface area contributed by atoms with Crippen LogP contribution in [-0.4, -0.2) is 4.98 Å². The van der Waals surface area contributed by atoms with Crippen LogP contribution in [0.15, 0.2) is 36.5 Å². The van der Waals surface area contributed by atoms with E-state index in [1.54, 1.807) is 6.20 Å². The Bertz CT molecular complexity index is 514. The van der Waals surface area contributed by atoms with E-state index in [0.29, 0.717) is 11.6 Å². The number of nitrogens with two attached hydrogens (primary N) is 1. The number of halogens is 1. The molecule has 1 aromatic carbocycles. The second kappa shape index (κ2) is 4.69. The van der Waals surface area contributed by atoms with Gasteiger partial charge in [0.1, 0.15) is 5.75 Å². The fourth-order valence-corrected chi connectivity index (χ4v) is 1.79. The number of ether oxygens (including phenoxy) is 1. The van der Waals surface area contributed by atoms with E-state index in [2.05, 4.69) is 27.6 Å². The molecule has 0 radical (unpaired) electrons. The summed E-state index contributed by atoms with van der Waals surface area (Å²) >= 11 is 2.21. The average molecular weight is 326 g/mol. The van der Waals surface area contributed by atoms with Crippen molar-refractivity contribution in [2.75, 3.05) is 5.73 Å². The van der Waals surface area contributed by atoms with Crippen LogP contribution >= 0.6 is 22.6 Å². The van der Waals surface area contributed by atoms with Gasteiger partial charge in [-0.2, -0.15) is 0 Å². The maximum atomic E-state index is 5.83. The zero-order valence-electron chi connectivity index (χ0n) is 8.77. The summed E-state index contributed by atoms with van der Waals surface area (Å²) in [6.07, 6.45) is 1.74. The molecule has 0 unspecified atom stereocenters. The second-order valence-corrected chi connectivity index (χ2v) is 4.60. The van der Waals surface area contributed by atoms with Gasteiger partial charge in [-0.05, 0) is 53.3 Å². The van der Waals surface area contributed by atoms with E-state index >= 15 is 0 Å². The van der Waals surface area contributed by atoms with E-state index in [1.807, 2.05) is 37.3 Å². The van der Waals surface area contributed by atoms with E-state index < -0.39 is 0 Å². The molecule has 0 fully saturated rings. The Morgan fingerprint density at radius 1 is 1.31 bits per heavy atom. The Morgan fingerprint density at radius 2 is 2.06 bits per heavy atom. The van der Waals surface area contributed by atoms with Gasteiger partial charge < -0.3 is 10.5 Å². The van der Waals surface area contributed by atoms with Crippen molar-refractivity contribution >= 4 is 28.3 Å². The highest BCUT2D eigenvalue weighted by atomic mass is 127. The molecule has 0 atom stereocenters. The minimum Gasteiger partial charge on any atom is -0.436 e. The summed E-state index contributed by atoms with van der Waals surface area (Å²) in [5.74, 6) is 1.22. The fourth-order valence-electron chi connectivity index (χ4n) is 1.30. The zero-order chi connectivity index (χ0) is 11.5. The normalized spacial score (nSPS) is 10.1. The van der Waals surface area contributed by atoms with Crippen LogP contribution in [0.4, 0.5) is 5.69 Å². The molecule has 0 aliphatic heterocycles. The SMILES string of the molecule is Cc1cnc(Oc2ccccc2I)c(N)c1. The number of hydrogen-bond acceptors (Lipinski definition) is 3. The van der Waals surface area contributed by atoms with Crippen LogP contribution in [0, 0.1) is 10.5 Å². The van der Waals surface area contributed by atoms with E-state index in [9.17, 15) is 0 Å². The Morgan fingerprint density at radius 3 is 2.75 bits per heavy atom. The maximum Gasteiger partial charge on any atom is 0.242 e. The van der Waals surface area contributed by atoms with Crippen LogP contribution in [0.1, 0.15) is 5.56 Å². The number of aryl methyl sites for hydroxylation is 1. The molecular formula is C12H11IN2O. The standard InChI is InChI=1S/C12H11IN2O/c1-8-6-10(14)12(15-7-8)16-11-5-3-2-4-9(11)13/h2-7H,14H2,1H3. The lowest BCUT2D eigenvalue weighted by molar-refractivity contribution is 0.462. The quantitative estimate of drug-likeness (QED) is 0.861. The molecule has 0 saturated carbocycles. The summed E-state index contributed by atoms with van der Waals surface area (Å²) in [6.45, 7) is 1.94. The molecule has 2 rings (SSSR count). The molecule has 0 bridgehead atoms. The van der Waals surface area contributed by atoms with Gasteiger partial charge in [0.25, 0.3) is 0 Å². The second-order valence-electron chi connectivity index (χ2n) is 3.44. The van der Waals surface area contributed by atoms with Gasteiger partial charge in [0.15, 0.2) is 0 Å². The van der Waals surface area contributed by atoms with Crippen LogP contribution < -0.4 is 10.5 Å². The fraction of sp³-hybridized carbons (Fsp3) is 0.0833. The lowest BCUT2D eigenvalue weighted by atomic mass is 10.3. The van der Waals surface area contributed by atoms with Gasteiger partial charge >= 0.3 is 0 Å². The summed E-state index contributed by atoms with van der Waals surface area (Å²) in [7, 11) is 0. The number of pyridine rings is 1. The lowest BCUT2D eigenvalue weighted by Gasteiger charge is -2.08. The predicted molar refractivity (Wildman–Crippen MR) is 72.6 cm³/mol. The number of nitrogens with zero attached hydrogens (tertiary/aromatic N) is 1. The summed E-state index contributed by atoms with van der Waals surface area (Å²) in [5.41, 5.74) is 7.41. The molecule has 16 heavy (non-hydrogen) atoms. The number of para-hydroxylation sites is 1. The third-order valence-corrected chi connectivity index (χ3v) is 2.95. The number of rotatable bonds is 2. The van der Waals surface area contributed by atoms with Gasteiger partial charge in [-0.25, -0.2) is 4.98 Å². The van der Waals surface area contributed by atoms with E-state index in [0.717, 1.165) is 14.9 Å². The third-order valence-electron chi connectivity index (χ3n) is 2.06. The first-order valence-corrected chi connectivity index (χ1v) is 5.89. The van der Waals surface area contributed by atoms with Crippen molar-refractivity contribution in [1.29, 1.82) is 0 Å². The number of nitrogen functional groups attached to an aromatic ring is 1. The Kier molecular flexibility index (Phi) is 3.28. The van der Waals surface area contributed by atoms with Crippen molar-refractivity contribution in [3.8, 4) is 11.6 Å². The smallest absolute Gasteiger partial charge is 0.242 e. The van der Waals surface area contributed by atoms with Gasteiger partial charge in [0, 0.05) is 6.20 Å². The first-order valence-electron chi connectivity index (χ1n) is 4.81. The molecular weight excluding hydrogens is 315 g/mol. The minimum absolute atomic E-state index is 0.453. The molecule has 0 aliphatic rings. The number of anilines is 1. The van der Waals surface area contributed by atoms with Crippen LogP contribution in [0.3, 0.4) is 0 Å². The topological polar surface area (TPSA) is 48.1 Å². The molecule has 2 aromatic rings. The molecule has 3 nitrogen and oxygen atoms in total. The van der Waals surface area contributed by atoms with Gasteiger partial charge in [-0.3, -0.25) is 0 Å². The van der Waals surface area contributed by atoms with Crippen molar-refractivity contribution in [2.24, 2.45) is 0 Å². The summed E-state index contributed by atoms with van der Waals surface area (Å²) < 4.78 is 6.68. The van der Waals surface area contributed by atoms with E-state index in [-0.39, 0.29) is 0 Å². The first kappa shape index (κ1) is 11.2. The van der Waals surface area contributed by atoms with E-state index in [1.165, 1.54) is 0 Å². The Labute approximate surface area is 108 Å². The van der Waals surface area contributed by atoms with Gasteiger partial charge in [-0.15, -0.1) is 0 Å². The highest BCUT2D eigenvalue weighted by Crippen LogP contribution is 2.28. The van der Waals surface area contributed by atoms with Gasteiger partial charge in [0.2, 0.25) is 5.88 Å². The largest absolute Gasteiger partial charge is 0.436 e.